The molecular formula is C11H11FN2O. The van der Waals surface area contributed by atoms with Crippen molar-refractivity contribution in [1.82, 2.24) is 9.97 Å². The molecule has 15 heavy (non-hydrogen) atoms. The van der Waals surface area contributed by atoms with Crippen molar-refractivity contribution in [3.8, 4) is 11.3 Å². The molecule has 1 heterocycles. The van der Waals surface area contributed by atoms with Gasteiger partial charge in [0, 0.05) is 11.3 Å². The zero-order valence-corrected chi connectivity index (χ0v) is 8.29. The molecule has 1 aromatic carbocycles. The lowest BCUT2D eigenvalue weighted by molar-refractivity contribution is 0.272. The second-order valence-electron chi connectivity index (χ2n) is 3.33. The fourth-order valence-corrected chi connectivity index (χ4v) is 1.51. The predicted molar refractivity (Wildman–Crippen MR) is 54.6 cm³/mol. The minimum absolute atomic E-state index is 0.143. The van der Waals surface area contributed by atoms with Gasteiger partial charge in [-0.2, -0.15) is 0 Å². The molecule has 0 saturated carbocycles. The maximum Gasteiger partial charge on any atom is 0.132 e. The fourth-order valence-electron chi connectivity index (χ4n) is 1.51. The largest absolute Gasteiger partial charge is 0.388 e. The molecule has 0 aliphatic rings. The first-order valence-corrected chi connectivity index (χ1v) is 4.63. The van der Waals surface area contributed by atoms with Crippen molar-refractivity contribution < 1.29 is 9.50 Å². The van der Waals surface area contributed by atoms with Gasteiger partial charge >= 0.3 is 0 Å². The number of aryl methyl sites for hydroxylation is 1. The SMILES string of the molecule is Cc1[nH]c(CO)nc1-c1cccc(F)c1. The average Bonchev–Trinajstić information content (AvgIpc) is 2.60. The predicted octanol–water partition coefficient (Wildman–Crippen LogP) is 2.02. The smallest absolute Gasteiger partial charge is 0.132 e. The van der Waals surface area contributed by atoms with E-state index in [1.54, 1.807) is 12.1 Å². The first kappa shape index (κ1) is 9.86. The number of nitrogens with one attached hydrogen (secondary N) is 1. The third-order valence-electron chi connectivity index (χ3n) is 2.18. The summed E-state index contributed by atoms with van der Waals surface area (Å²) in [4.78, 5) is 7.10. The highest BCUT2D eigenvalue weighted by atomic mass is 19.1. The van der Waals surface area contributed by atoms with Crippen molar-refractivity contribution in [2.24, 2.45) is 0 Å². The summed E-state index contributed by atoms with van der Waals surface area (Å²) in [6.45, 7) is 1.70. The van der Waals surface area contributed by atoms with Gasteiger partial charge in [0.15, 0.2) is 0 Å². The van der Waals surface area contributed by atoms with Gasteiger partial charge in [-0.15, -0.1) is 0 Å². The topological polar surface area (TPSA) is 48.9 Å². The number of hydrogen-bond acceptors (Lipinski definition) is 2. The van der Waals surface area contributed by atoms with Crippen molar-refractivity contribution in [1.29, 1.82) is 0 Å². The van der Waals surface area contributed by atoms with E-state index in [4.69, 9.17) is 5.11 Å². The lowest BCUT2D eigenvalue weighted by Crippen LogP contribution is -1.85. The molecule has 2 rings (SSSR count). The number of nitrogens with zero attached hydrogens (tertiary/aromatic N) is 1. The van der Waals surface area contributed by atoms with Crippen LogP contribution in [-0.2, 0) is 6.61 Å². The van der Waals surface area contributed by atoms with Gasteiger partial charge in [-0.05, 0) is 19.1 Å². The summed E-state index contributed by atoms with van der Waals surface area (Å²) < 4.78 is 13.0. The van der Waals surface area contributed by atoms with Crippen LogP contribution in [0.5, 0.6) is 0 Å². The highest BCUT2D eigenvalue weighted by Crippen LogP contribution is 2.21. The Morgan fingerprint density at radius 2 is 2.27 bits per heavy atom. The highest BCUT2D eigenvalue weighted by molar-refractivity contribution is 5.61. The van der Waals surface area contributed by atoms with Crippen molar-refractivity contribution >= 4 is 0 Å². The van der Waals surface area contributed by atoms with Gasteiger partial charge in [-0.1, -0.05) is 12.1 Å². The van der Waals surface area contributed by atoms with Gasteiger partial charge < -0.3 is 10.1 Å². The van der Waals surface area contributed by atoms with Crippen molar-refractivity contribution in [2.75, 3.05) is 0 Å². The Bertz CT molecular complexity index is 479. The lowest BCUT2D eigenvalue weighted by atomic mass is 10.1. The third kappa shape index (κ3) is 1.89. The van der Waals surface area contributed by atoms with E-state index in [9.17, 15) is 4.39 Å². The second-order valence-corrected chi connectivity index (χ2v) is 3.33. The van der Waals surface area contributed by atoms with Gasteiger partial charge in [0.2, 0.25) is 0 Å². The van der Waals surface area contributed by atoms with E-state index in [1.165, 1.54) is 12.1 Å². The van der Waals surface area contributed by atoms with Crippen LogP contribution in [0.4, 0.5) is 4.39 Å². The van der Waals surface area contributed by atoms with Gasteiger partial charge in [0.1, 0.15) is 18.2 Å². The number of imidazole rings is 1. The molecule has 0 aliphatic heterocycles. The molecule has 0 amide bonds. The molecule has 2 aromatic rings. The Labute approximate surface area is 86.6 Å². The quantitative estimate of drug-likeness (QED) is 0.789. The van der Waals surface area contributed by atoms with E-state index >= 15 is 0 Å². The number of hydrogen-bond donors (Lipinski definition) is 2. The molecular weight excluding hydrogens is 195 g/mol. The maximum atomic E-state index is 13.0. The minimum atomic E-state index is -0.291. The van der Waals surface area contributed by atoms with Crippen molar-refractivity contribution in [3.05, 3.63) is 41.6 Å². The molecule has 0 unspecified atom stereocenters. The molecule has 0 atom stereocenters. The molecule has 0 saturated heterocycles. The number of benzene rings is 1. The molecule has 2 N–H and O–H groups in total. The summed E-state index contributed by atoms with van der Waals surface area (Å²) in [5, 5.41) is 8.91. The average molecular weight is 206 g/mol. The van der Waals surface area contributed by atoms with Gasteiger partial charge in [0.25, 0.3) is 0 Å². The molecule has 0 bridgehead atoms. The van der Waals surface area contributed by atoms with Gasteiger partial charge in [-0.3, -0.25) is 0 Å². The van der Waals surface area contributed by atoms with Crippen LogP contribution in [0.15, 0.2) is 24.3 Å². The molecule has 1 aromatic heterocycles. The zero-order valence-electron chi connectivity index (χ0n) is 8.29. The van der Waals surface area contributed by atoms with Crippen LogP contribution in [0.1, 0.15) is 11.5 Å². The summed E-state index contributed by atoms with van der Waals surface area (Å²) in [6, 6.07) is 6.23. The summed E-state index contributed by atoms with van der Waals surface area (Å²) in [7, 11) is 0. The molecule has 0 radical (unpaired) electrons. The van der Waals surface area contributed by atoms with E-state index in [0.29, 0.717) is 17.1 Å². The number of rotatable bonds is 2. The Balaban J connectivity index is 2.48. The zero-order chi connectivity index (χ0) is 10.8. The Morgan fingerprint density at radius 1 is 1.47 bits per heavy atom. The Hall–Kier alpha value is -1.68. The molecule has 3 nitrogen and oxygen atoms in total. The van der Waals surface area contributed by atoms with E-state index in [0.717, 1.165) is 5.69 Å². The van der Waals surface area contributed by atoms with Crippen LogP contribution in [0.25, 0.3) is 11.3 Å². The maximum absolute atomic E-state index is 13.0. The summed E-state index contributed by atoms with van der Waals surface area (Å²) in [6.07, 6.45) is 0. The molecule has 4 heteroatoms. The van der Waals surface area contributed by atoms with Crippen LogP contribution in [0.2, 0.25) is 0 Å². The van der Waals surface area contributed by atoms with Crippen molar-refractivity contribution in [2.45, 2.75) is 13.5 Å². The number of aliphatic hydroxyl groups is 1. The molecule has 0 spiro atoms. The Morgan fingerprint density at radius 3 is 2.87 bits per heavy atom. The van der Waals surface area contributed by atoms with Gasteiger partial charge in [0.05, 0.1) is 5.69 Å². The standard InChI is InChI=1S/C11H11FN2O/c1-7-11(14-10(6-15)13-7)8-3-2-4-9(12)5-8/h2-5,15H,6H2,1H3,(H,13,14). The molecule has 78 valence electrons. The van der Waals surface area contributed by atoms with Crippen LogP contribution < -0.4 is 0 Å². The summed E-state index contributed by atoms with van der Waals surface area (Å²) in [5.74, 6) is 0.201. The summed E-state index contributed by atoms with van der Waals surface area (Å²) >= 11 is 0. The number of H-pyrrole nitrogens is 1. The fraction of sp³-hybridized carbons (Fsp3) is 0.182. The number of aliphatic hydroxyl groups excluding tert-OH is 1. The number of aromatic nitrogens is 2. The van der Waals surface area contributed by atoms with E-state index in [1.807, 2.05) is 6.92 Å². The van der Waals surface area contributed by atoms with Crippen LogP contribution >= 0.6 is 0 Å². The first-order chi connectivity index (χ1) is 7.20. The van der Waals surface area contributed by atoms with E-state index in [2.05, 4.69) is 9.97 Å². The van der Waals surface area contributed by atoms with Crippen LogP contribution in [-0.4, -0.2) is 15.1 Å². The van der Waals surface area contributed by atoms with Crippen LogP contribution in [0, 0.1) is 12.7 Å². The first-order valence-electron chi connectivity index (χ1n) is 4.63. The van der Waals surface area contributed by atoms with Crippen LogP contribution in [0.3, 0.4) is 0 Å². The van der Waals surface area contributed by atoms with Gasteiger partial charge in [-0.25, -0.2) is 9.37 Å². The van der Waals surface area contributed by atoms with E-state index < -0.39 is 0 Å². The highest BCUT2D eigenvalue weighted by Gasteiger charge is 2.08. The lowest BCUT2D eigenvalue weighted by Gasteiger charge is -1.97. The Kier molecular flexibility index (Phi) is 2.51. The van der Waals surface area contributed by atoms with E-state index in [-0.39, 0.29) is 12.4 Å². The summed E-state index contributed by atoms with van der Waals surface area (Å²) in [5.41, 5.74) is 2.21. The number of aromatic amines is 1. The van der Waals surface area contributed by atoms with Crippen molar-refractivity contribution in [3.63, 3.8) is 0 Å². The third-order valence-corrected chi connectivity index (χ3v) is 2.18. The number of halogens is 1. The minimum Gasteiger partial charge on any atom is -0.388 e. The molecule has 0 aliphatic carbocycles. The second kappa shape index (κ2) is 3.82. The monoisotopic (exact) mass is 206 g/mol. The molecule has 0 fully saturated rings. The normalized spacial score (nSPS) is 10.6.